The molecule has 0 N–H and O–H groups in total. The minimum atomic E-state index is 0.472. The van der Waals surface area contributed by atoms with E-state index >= 15 is 0 Å². The van der Waals surface area contributed by atoms with Gasteiger partial charge < -0.3 is 14.2 Å². The number of benzene rings is 2. The first-order chi connectivity index (χ1) is 15.5. The van der Waals surface area contributed by atoms with Gasteiger partial charge in [-0.2, -0.15) is 0 Å². The Morgan fingerprint density at radius 1 is 0.938 bits per heavy atom. The molecular formula is C24H26Cl2N2O3S. The summed E-state index contributed by atoms with van der Waals surface area (Å²) in [6.45, 7) is 2.82. The van der Waals surface area contributed by atoms with Gasteiger partial charge in [0.15, 0.2) is 11.5 Å². The lowest BCUT2D eigenvalue weighted by Crippen LogP contribution is -2.32. The molecule has 2 heterocycles. The van der Waals surface area contributed by atoms with E-state index in [4.69, 9.17) is 42.4 Å². The predicted molar refractivity (Wildman–Crippen MR) is 131 cm³/mol. The molecule has 0 aliphatic carbocycles. The summed E-state index contributed by atoms with van der Waals surface area (Å²) < 4.78 is 16.5. The second kappa shape index (κ2) is 10.3. The van der Waals surface area contributed by atoms with Crippen LogP contribution in [-0.4, -0.2) is 44.3 Å². The van der Waals surface area contributed by atoms with Crippen molar-refractivity contribution in [2.45, 2.75) is 25.3 Å². The van der Waals surface area contributed by atoms with Crippen LogP contribution < -0.4 is 14.2 Å². The summed E-state index contributed by atoms with van der Waals surface area (Å²) in [5.74, 6) is 2.68. The number of piperidine rings is 1. The first-order valence-corrected chi connectivity index (χ1v) is 12.1. The molecule has 0 atom stereocenters. The fourth-order valence-corrected chi connectivity index (χ4v) is 5.36. The van der Waals surface area contributed by atoms with E-state index in [1.165, 1.54) is 5.01 Å². The van der Waals surface area contributed by atoms with Crippen LogP contribution in [0, 0.1) is 0 Å². The van der Waals surface area contributed by atoms with Crippen LogP contribution in [0.4, 0.5) is 0 Å². The van der Waals surface area contributed by atoms with E-state index in [9.17, 15) is 0 Å². The summed E-state index contributed by atoms with van der Waals surface area (Å²) in [6, 6.07) is 9.56. The van der Waals surface area contributed by atoms with Crippen molar-refractivity contribution in [3.8, 4) is 28.5 Å². The zero-order chi connectivity index (χ0) is 22.7. The molecule has 0 amide bonds. The second-order valence-corrected chi connectivity index (χ2v) is 9.47. The average Bonchev–Trinajstić information content (AvgIpc) is 3.31. The van der Waals surface area contributed by atoms with E-state index in [0.717, 1.165) is 60.8 Å². The van der Waals surface area contributed by atoms with Gasteiger partial charge in [-0.1, -0.05) is 29.3 Å². The molecule has 0 bridgehead atoms. The summed E-state index contributed by atoms with van der Waals surface area (Å²) >= 11 is 13.9. The number of likely N-dealkylation sites (tertiary alicyclic amines) is 1. The van der Waals surface area contributed by atoms with E-state index in [1.807, 2.05) is 30.3 Å². The van der Waals surface area contributed by atoms with Crippen LogP contribution in [0.5, 0.6) is 17.2 Å². The number of nitrogens with zero attached hydrogens (tertiary/aromatic N) is 2. The minimum Gasteiger partial charge on any atom is -0.496 e. The monoisotopic (exact) mass is 492 g/mol. The molecule has 5 nitrogen and oxygen atoms in total. The Hall–Kier alpha value is -1.99. The van der Waals surface area contributed by atoms with Crippen molar-refractivity contribution >= 4 is 34.5 Å². The van der Waals surface area contributed by atoms with Gasteiger partial charge in [0.2, 0.25) is 0 Å². The molecule has 3 aromatic rings. The summed E-state index contributed by atoms with van der Waals surface area (Å²) in [5.41, 5.74) is 3.06. The molecule has 1 aromatic heterocycles. The van der Waals surface area contributed by atoms with Crippen LogP contribution in [0.2, 0.25) is 10.0 Å². The van der Waals surface area contributed by atoms with Gasteiger partial charge in [-0.3, -0.25) is 4.90 Å². The van der Waals surface area contributed by atoms with Crippen molar-refractivity contribution in [2.75, 3.05) is 34.4 Å². The maximum absolute atomic E-state index is 6.17. The summed E-state index contributed by atoms with van der Waals surface area (Å²) in [6.07, 6.45) is 2.15. The maximum atomic E-state index is 6.17. The quantitative estimate of drug-likeness (QED) is 0.375. The lowest BCUT2D eigenvalue weighted by molar-refractivity contribution is 0.202. The van der Waals surface area contributed by atoms with Gasteiger partial charge in [-0.05, 0) is 44.1 Å². The Morgan fingerprint density at radius 3 is 2.28 bits per heavy atom. The highest BCUT2D eigenvalue weighted by Crippen LogP contribution is 2.37. The molecular weight excluding hydrogens is 467 g/mol. The van der Waals surface area contributed by atoms with Crippen LogP contribution in [0.3, 0.4) is 0 Å². The van der Waals surface area contributed by atoms with Crippen LogP contribution in [0.15, 0.2) is 35.7 Å². The van der Waals surface area contributed by atoms with Crippen molar-refractivity contribution < 1.29 is 14.2 Å². The van der Waals surface area contributed by atoms with Gasteiger partial charge in [-0.25, -0.2) is 4.98 Å². The molecule has 0 spiro atoms. The number of rotatable bonds is 7. The van der Waals surface area contributed by atoms with E-state index in [-0.39, 0.29) is 0 Å². The van der Waals surface area contributed by atoms with E-state index < -0.39 is 0 Å². The first-order valence-electron chi connectivity index (χ1n) is 10.4. The third kappa shape index (κ3) is 4.99. The lowest BCUT2D eigenvalue weighted by atomic mass is 9.97. The van der Waals surface area contributed by atoms with Gasteiger partial charge in [0.1, 0.15) is 5.75 Å². The summed E-state index contributed by atoms with van der Waals surface area (Å²) in [5, 5.41) is 4.41. The molecule has 32 heavy (non-hydrogen) atoms. The van der Waals surface area contributed by atoms with Gasteiger partial charge in [0.25, 0.3) is 0 Å². The largest absolute Gasteiger partial charge is 0.496 e. The number of hydrogen-bond donors (Lipinski definition) is 0. The van der Waals surface area contributed by atoms with Crippen LogP contribution in [0.1, 0.15) is 29.3 Å². The fraction of sp³-hybridized carbons (Fsp3) is 0.375. The van der Waals surface area contributed by atoms with Crippen molar-refractivity contribution in [3.63, 3.8) is 0 Å². The highest BCUT2D eigenvalue weighted by atomic mass is 35.5. The molecule has 170 valence electrons. The number of halogens is 2. The number of thiazole rings is 1. The van der Waals surface area contributed by atoms with Gasteiger partial charge >= 0.3 is 0 Å². The number of hydrogen-bond acceptors (Lipinski definition) is 6. The topological polar surface area (TPSA) is 43.8 Å². The smallest absolute Gasteiger partial charge is 0.164 e. The fourth-order valence-electron chi connectivity index (χ4n) is 4.06. The molecule has 4 rings (SSSR count). The molecule has 0 radical (unpaired) electrons. The van der Waals surface area contributed by atoms with Gasteiger partial charge in [-0.15, -0.1) is 11.3 Å². The minimum absolute atomic E-state index is 0.472. The first kappa shape index (κ1) is 23.2. The van der Waals surface area contributed by atoms with E-state index in [1.54, 1.807) is 32.7 Å². The third-order valence-corrected chi connectivity index (χ3v) is 7.60. The highest BCUT2D eigenvalue weighted by Gasteiger charge is 2.24. The standard InChI is InChI=1S/C24H26Cl2N2O3S/c1-29-21-12-23(31-3)22(30-2)11-17(21)13-28-8-6-15(7-9-28)24-27-20(14-32-24)16-4-5-18(25)19(26)10-16/h4-5,10-12,14-15H,6-9,13H2,1-3H3. The van der Waals surface area contributed by atoms with Crippen LogP contribution in [-0.2, 0) is 6.54 Å². The van der Waals surface area contributed by atoms with Gasteiger partial charge in [0, 0.05) is 35.0 Å². The maximum Gasteiger partial charge on any atom is 0.164 e. The SMILES string of the molecule is COc1cc(OC)c(OC)cc1CN1CCC(c2nc(-c3ccc(Cl)c(Cl)c3)cs2)CC1. The molecule has 2 aromatic carbocycles. The number of ether oxygens (including phenoxy) is 3. The number of methoxy groups -OCH3 is 3. The van der Waals surface area contributed by atoms with Crippen LogP contribution in [0.25, 0.3) is 11.3 Å². The Kier molecular flexibility index (Phi) is 7.46. The Labute approximate surface area is 202 Å². The molecule has 1 aliphatic heterocycles. The van der Waals surface area contributed by atoms with Crippen LogP contribution >= 0.6 is 34.5 Å². The second-order valence-electron chi connectivity index (χ2n) is 7.77. The highest BCUT2D eigenvalue weighted by molar-refractivity contribution is 7.10. The lowest BCUT2D eigenvalue weighted by Gasteiger charge is -2.31. The molecule has 1 aliphatic rings. The average molecular weight is 493 g/mol. The van der Waals surface area contributed by atoms with Crippen molar-refractivity contribution in [1.82, 2.24) is 9.88 Å². The Balaban J connectivity index is 1.41. The Morgan fingerprint density at radius 2 is 1.62 bits per heavy atom. The van der Waals surface area contributed by atoms with Crippen molar-refractivity contribution in [1.29, 1.82) is 0 Å². The molecule has 8 heteroatoms. The molecule has 0 unspecified atom stereocenters. The zero-order valence-corrected chi connectivity index (χ0v) is 20.7. The third-order valence-electron chi connectivity index (χ3n) is 5.85. The van der Waals surface area contributed by atoms with Crippen molar-refractivity contribution in [3.05, 3.63) is 56.3 Å². The zero-order valence-electron chi connectivity index (χ0n) is 18.4. The summed E-state index contributed by atoms with van der Waals surface area (Å²) in [7, 11) is 4.97. The predicted octanol–water partition coefficient (Wildman–Crippen LogP) is 6.52. The van der Waals surface area contributed by atoms with E-state index in [0.29, 0.717) is 21.7 Å². The summed E-state index contributed by atoms with van der Waals surface area (Å²) in [4.78, 5) is 7.35. The Bertz CT molecular complexity index is 1080. The van der Waals surface area contributed by atoms with Gasteiger partial charge in [0.05, 0.1) is 42.1 Å². The number of aromatic nitrogens is 1. The molecule has 1 fully saturated rings. The van der Waals surface area contributed by atoms with Crippen molar-refractivity contribution in [2.24, 2.45) is 0 Å². The molecule has 1 saturated heterocycles. The normalized spacial score (nSPS) is 15.0. The molecule has 0 saturated carbocycles. The van der Waals surface area contributed by atoms with E-state index in [2.05, 4.69) is 10.3 Å².